The molecular weight excluding hydrogens is 494 g/mol. The third-order valence-electron chi connectivity index (χ3n) is 7.85. The van der Waals surface area contributed by atoms with Gasteiger partial charge in [0.2, 0.25) is 0 Å². The first kappa shape index (κ1) is 28.3. The molecule has 0 aromatic heterocycles. The molecule has 204 valence electrons. The largest absolute Gasteiger partial charge is 0.312 e. The fraction of sp³-hybridized carbons (Fsp3) is 0.533. The number of piperidine rings is 1. The van der Waals surface area contributed by atoms with E-state index in [-0.39, 0.29) is 5.91 Å². The Hall–Kier alpha value is -2.71. The molecule has 0 bridgehead atoms. The summed E-state index contributed by atoms with van der Waals surface area (Å²) in [5.74, 6) is 1.98. The normalized spacial score (nSPS) is 16.9. The minimum absolute atomic E-state index is 0.0994. The molecule has 1 saturated heterocycles. The van der Waals surface area contributed by atoms with Crippen LogP contribution in [0.4, 0.5) is 5.69 Å². The van der Waals surface area contributed by atoms with E-state index in [0.717, 1.165) is 68.9 Å². The maximum atomic E-state index is 12.9. The van der Waals surface area contributed by atoms with Crippen molar-refractivity contribution < 1.29 is 4.79 Å². The zero-order chi connectivity index (χ0) is 27.0. The molecule has 2 heterocycles. The van der Waals surface area contributed by atoms with E-state index < -0.39 is 5.54 Å². The summed E-state index contributed by atoms with van der Waals surface area (Å²) < 4.78 is 2.39. The van der Waals surface area contributed by atoms with Crippen molar-refractivity contribution >= 4 is 29.4 Å². The van der Waals surface area contributed by atoms with Gasteiger partial charge >= 0.3 is 0 Å². The predicted octanol–water partition coefficient (Wildman–Crippen LogP) is 6.17. The van der Waals surface area contributed by atoms with Gasteiger partial charge in [-0.05, 0) is 86.8 Å². The van der Waals surface area contributed by atoms with Crippen LogP contribution in [0.1, 0.15) is 67.2 Å². The number of rotatable bonds is 13. The number of aliphatic imine (C=N–C) groups is 1. The van der Waals surface area contributed by atoms with Crippen LogP contribution < -0.4 is 10.3 Å². The van der Waals surface area contributed by atoms with Crippen LogP contribution in [0.5, 0.6) is 0 Å². The molecule has 1 fully saturated rings. The van der Waals surface area contributed by atoms with Crippen molar-refractivity contribution in [2.45, 2.75) is 77.2 Å². The summed E-state index contributed by atoms with van der Waals surface area (Å²) in [7, 11) is 1.67. The molecule has 2 aliphatic rings. The summed E-state index contributed by atoms with van der Waals surface area (Å²) in [5, 5.41) is 7.46. The average Bonchev–Trinajstić information content (AvgIpc) is 3.22. The molecule has 2 aliphatic heterocycles. The van der Waals surface area contributed by atoms with Crippen LogP contribution in [0.3, 0.4) is 0 Å². The second kappa shape index (κ2) is 13.4. The number of hydrogen-bond donors (Lipinski definition) is 1. The van der Waals surface area contributed by atoms with Gasteiger partial charge < -0.3 is 5.32 Å². The average molecular weight is 536 g/mol. The smallest absolute Gasteiger partial charge is 0.253 e. The molecule has 8 heteroatoms. The number of carbonyl (C=O) groups is 1. The van der Waals surface area contributed by atoms with Gasteiger partial charge in [0.25, 0.3) is 5.91 Å². The highest BCUT2D eigenvalue weighted by atomic mass is 32.2. The Morgan fingerprint density at radius 1 is 1.00 bits per heavy atom. The SMILES string of the molecule is Cc1cc(N(C)N=O)cc(C)c1CCSN1CCC2(CC1)N=C(CCCCCCc1ccccc1)NC2=O. The lowest BCUT2D eigenvalue weighted by atomic mass is 9.89. The number of anilines is 1. The summed E-state index contributed by atoms with van der Waals surface area (Å²) in [6, 6.07) is 14.7. The molecule has 4 rings (SSSR count). The summed E-state index contributed by atoms with van der Waals surface area (Å²) in [6.07, 6.45) is 9.21. The molecule has 2 aromatic rings. The molecule has 2 aromatic carbocycles. The highest BCUT2D eigenvalue weighted by Crippen LogP contribution is 2.33. The Labute approximate surface area is 231 Å². The highest BCUT2D eigenvalue weighted by Gasteiger charge is 2.45. The van der Waals surface area contributed by atoms with Gasteiger partial charge in [-0.15, -0.1) is 4.91 Å². The van der Waals surface area contributed by atoms with Gasteiger partial charge in [-0.1, -0.05) is 55.1 Å². The van der Waals surface area contributed by atoms with E-state index in [1.54, 1.807) is 7.05 Å². The number of nitrogens with one attached hydrogen (secondary N) is 1. The van der Waals surface area contributed by atoms with Gasteiger partial charge in [-0.2, -0.15) is 0 Å². The first-order valence-electron chi connectivity index (χ1n) is 13.9. The lowest BCUT2D eigenvalue weighted by Gasteiger charge is -2.34. The van der Waals surface area contributed by atoms with Gasteiger partial charge in [0.1, 0.15) is 11.4 Å². The first-order chi connectivity index (χ1) is 18.4. The Bertz CT molecular complexity index is 1110. The molecule has 0 atom stereocenters. The molecule has 1 amide bonds. The van der Waals surface area contributed by atoms with Crippen molar-refractivity contribution in [2.24, 2.45) is 10.3 Å². The van der Waals surface area contributed by atoms with Gasteiger partial charge in [0.15, 0.2) is 0 Å². The number of nitroso groups, excluding NO2 is 1. The standard InChI is InChI=1S/C30H41N5O2S/c1-23-21-26(34(3)33-37)22-24(2)27(23)15-20-38-35-18-16-30(17-19-35)29(36)31-28(32-30)14-10-5-4-7-11-25-12-8-6-9-13-25/h6,8-9,12-13,21-22H,4-5,7,10-11,14-20H2,1-3H3,(H,31,32,36). The molecule has 1 spiro atoms. The monoisotopic (exact) mass is 535 g/mol. The number of hydrogen-bond acceptors (Lipinski definition) is 6. The lowest BCUT2D eigenvalue weighted by Crippen LogP contribution is -2.47. The number of amides is 1. The third kappa shape index (κ3) is 7.23. The Balaban J connectivity index is 1.17. The number of amidine groups is 1. The molecule has 0 aliphatic carbocycles. The summed E-state index contributed by atoms with van der Waals surface area (Å²) in [4.78, 5) is 28.6. The van der Waals surface area contributed by atoms with Crippen molar-refractivity contribution in [2.75, 3.05) is 30.9 Å². The number of nitrogens with zero attached hydrogens (tertiary/aromatic N) is 4. The van der Waals surface area contributed by atoms with Gasteiger partial charge in [-0.3, -0.25) is 14.1 Å². The van der Waals surface area contributed by atoms with Crippen molar-refractivity contribution in [1.29, 1.82) is 0 Å². The molecule has 38 heavy (non-hydrogen) atoms. The number of unbranched alkanes of at least 4 members (excludes halogenated alkanes) is 3. The Kier molecular flexibility index (Phi) is 9.97. The molecule has 0 unspecified atom stereocenters. The van der Waals surface area contributed by atoms with E-state index in [1.165, 1.54) is 46.5 Å². The lowest BCUT2D eigenvalue weighted by molar-refractivity contribution is -0.124. The Morgan fingerprint density at radius 2 is 1.66 bits per heavy atom. The predicted molar refractivity (Wildman–Crippen MR) is 159 cm³/mol. The van der Waals surface area contributed by atoms with Crippen LogP contribution in [0.2, 0.25) is 0 Å². The van der Waals surface area contributed by atoms with Crippen molar-refractivity contribution in [1.82, 2.24) is 9.62 Å². The Morgan fingerprint density at radius 3 is 2.32 bits per heavy atom. The van der Waals surface area contributed by atoms with Crippen LogP contribution in [-0.4, -0.2) is 47.5 Å². The molecule has 0 saturated carbocycles. The fourth-order valence-electron chi connectivity index (χ4n) is 5.52. The molecule has 7 nitrogen and oxygen atoms in total. The number of carbonyl (C=O) groups excluding carboxylic acids is 1. The van der Waals surface area contributed by atoms with Crippen molar-refractivity contribution in [3.63, 3.8) is 0 Å². The van der Waals surface area contributed by atoms with E-state index in [2.05, 4.69) is 59.1 Å². The minimum atomic E-state index is -0.554. The topological polar surface area (TPSA) is 77.4 Å². The molecule has 1 N–H and O–H groups in total. The maximum absolute atomic E-state index is 12.9. The second-order valence-corrected chi connectivity index (χ2v) is 11.8. The quantitative estimate of drug-likeness (QED) is 0.144. The van der Waals surface area contributed by atoms with E-state index >= 15 is 0 Å². The van der Waals surface area contributed by atoms with E-state index in [9.17, 15) is 9.70 Å². The summed E-state index contributed by atoms with van der Waals surface area (Å²) in [5.41, 5.74) is 5.39. The summed E-state index contributed by atoms with van der Waals surface area (Å²) >= 11 is 1.86. The van der Waals surface area contributed by atoms with Gasteiger partial charge in [0, 0.05) is 32.3 Å². The zero-order valence-corrected chi connectivity index (χ0v) is 23.9. The zero-order valence-electron chi connectivity index (χ0n) is 23.0. The third-order valence-corrected chi connectivity index (χ3v) is 8.97. The van der Waals surface area contributed by atoms with E-state index in [1.807, 2.05) is 24.1 Å². The van der Waals surface area contributed by atoms with Crippen LogP contribution in [0, 0.1) is 18.8 Å². The van der Waals surface area contributed by atoms with Crippen molar-refractivity contribution in [3.8, 4) is 0 Å². The maximum Gasteiger partial charge on any atom is 0.253 e. The number of aryl methyl sites for hydroxylation is 3. The second-order valence-electron chi connectivity index (χ2n) is 10.6. The van der Waals surface area contributed by atoms with E-state index in [0.29, 0.717) is 0 Å². The van der Waals surface area contributed by atoms with Gasteiger partial charge in [-0.25, -0.2) is 5.01 Å². The fourth-order valence-corrected chi connectivity index (χ4v) is 6.52. The summed E-state index contributed by atoms with van der Waals surface area (Å²) in [6.45, 7) is 5.94. The van der Waals surface area contributed by atoms with Crippen LogP contribution in [0.25, 0.3) is 0 Å². The highest BCUT2D eigenvalue weighted by molar-refractivity contribution is 7.97. The van der Waals surface area contributed by atoms with Crippen molar-refractivity contribution in [3.05, 3.63) is 69.6 Å². The number of benzene rings is 2. The molecular formula is C30H41N5O2S. The van der Waals surface area contributed by atoms with Crippen LogP contribution in [-0.2, 0) is 17.6 Å². The van der Waals surface area contributed by atoms with E-state index in [4.69, 9.17) is 4.99 Å². The van der Waals surface area contributed by atoms with Crippen LogP contribution >= 0.6 is 11.9 Å². The first-order valence-corrected chi connectivity index (χ1v) is 14.8. The van der Waals surface area contributed by atoms with Gasteiger partial charge in [0.05, 0.1) is 11.0 Å². The minimum Gasteiger partial charge on any atom is -0.312 e. The van der Waals surface area contributed by atoms with Crippen LogP contribution in [0.15, 0.2) is 52.7 Å². The molecule has 0 radical (unpaired) electrons.